The lowest BCUT2D eigenvalue weighted by atomic mass is 10.1. The topological polar surface area (TPSA) is 61.4 Å². The molecular weight excluding hydrogens is 230 g/mol. The number of rotatable bonds is 2. The van der Waals surface area contributed by atoms with Crippen LogP contribution in [0.3, 0.4) is 0 Å². The minimum Gasteiger partial charge on any atom is -0.353 e. The van der Waals surface area contributed by atoms with E-state index < -0.39 is 0 Å². The number of piperazine rings is 1. The smallest absolute Gasteiger partial charge is 0.209 e. The highest BCUT2D eigenvalue weighted by molar-refractivity contribution is 5.52. The van der Waals surface area contributed by atoms with Crippen molar-refractivity contribution in [3.8, 4) is 0 Å². The molecule has 1 fully saturated rings. The van der Waals surface area contributed by atoms with Crippen molar-refractivity contribution >= 4 is 12.2 Å². The lowest BCUT2D eigenvalue weighted by molar-refractivity contribution is -0.118. The fourth-order valence-electron chi connectivity index (χ4n) is 2.57. The fourth-order valence-corrected chi connectivity index (χ4v) is 2.57. The summed E-state index contributed by atoms with van der Waals surface area (Å²) in [6, 6.07) is 0. The molecular formula is C12H17N5O. The molecule has 0 aliphatic carbocycles. The normalized spacial score (nSPS) is 19.6. The summed E-state index contributed by atoms with van der Waals surface area (Å²) in [5.74, 6) is 1.04. The predicted octanol–water partition coefficient (Wildman–Crippen LogP) is -0.599. The number of amides is 1. The summed E-state index contributed by atoms with van der Waals surface area (Å²) in [5, 5.41) is 3.37. The molecule has 1 saturated heterocycles. The SMILES string of the molecule is O=CN1CCN(c2ncnc3c2CNCC3)CC1. The molecule has 1 aromatic heterocycles. The molecule has 0 spiro atoms. The quantitative estimate of drug-likeness (QED) is 0.707. The summed E-state index contributed by atoms with van der Waals surface area (Å²) in [4.78, 5) is 23.6. The van der Waals surface area contributed by atoms with Crippen LogP contribution in [0.4, 0.5) is 5.82 Å². The zero-order chi connectivity index (χ0) is 12.4. The maximum absolute atomic E-state index is 10.7. The van der Waals surface area contributed by atoms with Gasteiger partial charge in [0, 0.05) is 51.3 Å². The van der Waals surface area contributed by atoms with Crippen molar-refractivity contribution in [3.05, 3.63) is 17.6 Å². The monoisotopic (exact) mass is 247 g/mol. The van der Waals surface area contributed by atoms with Crippen molar-refractivity contribution in [1.82, 2.24) is 20.2 Å². The second-order valence-corrected chi connectivity index (χ2v) is 4.68. The molecule has 0 bridgehead atoms. The Kier molecular flexibility index (Phi) is 3.10. The van der Waals surface area contributed by atoms with E-state index in [0.717, 1.165) is 63.6 Å². The van der Waals surface area contributed by atoms with E-state index in [-0.39, 0.29) is 0 Å². The van der Waals surface area contributed by atoms with Gasteiger partial charge in [-0.15, -0.1) is 0 Å². The number of nitrogens with zero attached hydrogens (tertiary/aromatic N) is 4. The van der Waals surface area contributed by atoms with Crippen molar-refractivity contribution in [2.45, 2.75) is 13.0 Å². The van der Waals surface area contributed by atoms with Crippen molar-refractivity contribution in [1.29, 1.82) is 0 Å². The van der Waals surface area contributed by atoms with Crippen LogP contribution in [0.25, 0.3) is 0 Å². The molecule has 0 atom stereocenters. The number of carbonyl (C=O) groups is 1. The summed E-state index contributed by atoms with van der Waals surface area (Å²) in [6.07, 6.45) is 3.55. The summed E-state index contributed by atoms with van der Waals surface area (Å²) in [6.45, 7) is 5.08. The Bertz CT molecular complexity index is 442. The Hall–Kier alpha value is -1.69. The maximum atomic E-state index is 10.7. The molecule has 3 heterocycles. The Morgan fingerprint density at radius 3 is 2.83 bits per heavy atom. The molecule has 2 aliphatic heterocycles. The average Bonchev–Trinajstić information content (AvgIpc) is 2.47. The van der Waals surface area contributed by atoms with E-state index in [4.69, 9.17) is 0 Å². The fraction of sp³-hybridized carbons (Fsp3) is 0.583. The van der Waals surface area contributed by atoms with Gasteiger partial charge in [-0.1, -0.05) is 0 Å². The van der Waals surface area contributed by atoms with Gasteiger partial charge in [0.1, 0.15) is 12.1 Å². The Balaban J connectivity index is 1.82. The lowest BCUT2D eigenvalue weighted by Gasteiger charge is -2.35. The molecule has 6 heteroatoms. The first-order valence-corrected chi connectivity index (χ1v) is 6.36. The highest BCUT2D eigenvalue weighted by Gasteiger charge is 2.22. The van der Waals surface area contributed by atoms with Crippen LogP contribution in [0, 0.1) is 0 Å². The first-order valence-electron chi connectivity index (χ1n) is 6.36. The van der Waals surface area contributed by atoms with Gasteiger partial charge in [0.05, 0.1) is 5.69 Å². The van der Waals surface area contributed by atoms with Crippen LogP contribution in [0.15, 0.2) is 6.33 Å². The Labute approximate surface area is 106 Å². The number of aromatic nitrogens is 2. The predicted molar refractivity (Wildman–Crippen MR) is 67.3 cm³/mol. The number of carbonyl (C=O) groups excluding carboxylic acids is 1. The van der Waals surface area contributed by atoms with Gasteiger partial charge < -0.3 is 15.1 Å². The number of fused-ring (bicyclic) bond motifs is 1. The van der Waals surface area contributed by atoms with E-state index in [1.165, 1.54) is 5.56 Å². The number of anilines is 1. The molecule has 0 saturated carbocycles. The van der Waals surface area contributed by atoms with Gasteiger partial charge in [-0.3, -0.25) is 4.79 Å². The van der Waals surface area contributed by atoms with E-state index in [1.54, 1.807) is 6.33 Å². The molecule has 0 unspecified atom stereocenters. The van der Waals surface area contributed by atoms with Crippen LogP contribution in [0.1, 0.15) is 11.3 Å². The van der Waals surface area contributed by atoms with Crippen molar-refractivity contribution in [2.75, 3.05) is 37.6 Å². The van der Waals surface area contributed by atoms with E-state index in [0.29, 0.717) is 0 Å². The van der Waals surface area contributed by atoms with E-state index in [2.05, 4.69) is 20.2 Å². The van der Waals surface area contributed by atoms with Crippen molar-refractivity contribution < 1.29 is 4.79 Å². The molecule has 3 rings (SSSR count). The highest BCUT2D eigenvalue weighted by Crippen LogP contribution is 2.23. The van der Waals surface area contributed by atoms with Crippen LogP contribution in [-0.4, -0.2) is 54.0 Å². The van der Waals surface area contributed by atoms with Gasteiger partial charge in [-0.05, 0) is 0 Å². The Morgan fingerprint density at radius 2 is 2.06 bits per heavy atom. The summed E-state index contributed by atoms with van der Waals surface area (Å²) >= 11 is 0. The van der Waals surface area contributed by atoms with E-state index in [9.17, 15) is 4.79 Å². The van der Waals surface area contributed by atoms with Gasteiger partial charge in [0.25, 0.3) is 0 Å². The molecule has 1 N–H and O–H groups in total. The molecule has 0 radical (unpaired) electrons. The second kappa shape index (κ2) is 4.89. The van der Waals surface area contributed by atoms with Crippen molar-refractivity contribution in [3.63, 3.8) is 0 Å². The van der Waals surface area contributed by atoms with Gasteiger partial charge in [0.15, 0.2) is 0 Å². The highest BCUT2D eigenvalue weighted by atomic mass is 16.1. The third kappa shape index (κ3) is 2.03. The third-order valence-corrected chi connectivity index (χ3v) is 3.62. The average molecular weight is 247 g/mol. The first-order chi connectivity index (χ1) is 8.88. The van der Waals surface area contributed by atoms with Gasteiger partial charge in [-0.2, -0.15) is 0 Å². The number of nitrogens with one attached hydrogen (secondary N) is 1. The zero-order valence-electron chi connectivity index (χ0n) is 10.3. The molecule has 1 amide bonds. The van der Waals surface area contributed by atoms with Crippen molar-refractivity contribution in [2.24, 2.45) is 0 Å². The summed E-state index contributed by atoms with van der Waals surface area (Å²) in [5.41, 5.74) is 2.39. The van der Waals surface area contributed by atoms with Gasteiger partial charge in [-0.25, -0.2) is 9.97 Å². The third-order valence-electron chi connectivity index (χ3n) is 3.62. The van der Waals surface area contributed by atoms with Crippen LogP contribution in [0.2, 0.25) is 0 Å². The molecule has 96 valence electrons. The maximum Gasteiger partial charge on any atom is 0.209 e. The number of hydrogen-bond acceptors (Lipinski definition) is 5. The van der Waals surface area contributed by atoms with E-state index >= 15 is 0 Å². The number of hydrogen-bond donors (Lipinski definition) is 1. The van der Waals surface area contributed by atoms with E-state index in [1.807, 2.05) is 4.90 Å². The minimum atomic E-state index is 0.774. The van der Waals surface area contributed by atoms with Crippen LogP contribution in [-0.2, 0) is 17.8 Å². The zero-order valence-corrected chi connectivity index (χ0v) is 10.3. The first kappa shape index (κ1) is 11.4. The second-order valence-electron chi connectivity index (χ2n) is 4.68. The van der Waals surface area contributed by atoms with Crippen LogP contribution < -0.4 is 10.2 Å². The molecule has 18 heavy (non-hydrogen) atoms. The molecule has 2 aliphatic rings. The summed E-state index contributed by atoms with van der Waals surface area (Å²) in [7, 11) is 0. The Morgan fingerprint density at radius 1 is 1.22 bits per heavy atom. The van der Waals surface area contributed by atoms with Gasteiger partial charge >= 0.3 is 0 Å². The molecule has 6 nitrogen and oxygen atoms in total. The summed E-state index contributed by atoms with van der Waals surface area (Å²) < 4.78 is 0. The van der Waals surface area contributed by atoms with Crippen LogP contribution >= 0.6 is 0 Å². The molecule has 1 aromatic rings. The minimum absolute atomic E-state index is 0.774. The largest absolute Gasteiger partial charge is 0.353 e. The molecule has 0 aromatic carbocycles. The van der Waals surface area contributed by atoms with Crippen LogP contribution in [0.5, 0.6) is 0 Å². The van der Waals surface area contributed by atoms with Gasteiger partial charge in [0.2, 0.25) is 6.41 Å². The standard InChI is InChI=1S/C12H17N5O/c18-9-16-3-5-17(6-4-16)12-10-7-13-2-1-11(10)14-8-15-12/h8-9,13H,1-7H2. The lowest BCUT2D eigenvalue weighted by Crippen LogP contribution is -2.46.